The highest BCUT2D eigenvalue weighted by Crippen LogP contribution is 2.30. The third-order valence-electron chi connectivity index (χ3n) is 5.83. The number of rotatable bonds is 4. The number of hydrogen-bond acceptors (Lipinski definition) is 3. The van der Waals surface area contributed by atoms with Gasteiger partial charge in [-0.05, 0) is 69.0 Å². The van der Waals surface area contributed by atoms with Gasteiger partial charge in [0.15, 0.2) is 0 Å². The second kappa shape index (κ2) is 7.08. The molecule has 1 aromatic heterocycles. The molecular formula is C20H27N3O2. The van der Waals surface area contributed by atoms with Crippen LogP contribution in [0, 0.1) is 5.92 Å². The molecule has 2 aliphatic heterocycles. The summed E-state index contributed by atoms with van der Waals surface area (Å²) in [5, 5.41) is 4.16. The normalized spacial score (nSPS) is 24.0. The number of piperidine rings is 2. The fraction of sp³-hybridized carbons (Fsp3) is 0.550. The summed E-state index contributed by atoms with van der Waals surface area (Å²) in [5.74, 6) is 1.38. The van der Waals surface area contributed by atoms with Crippen LogP contribution in [0.2, 0.25) is 0 Å². The lowest BCUT2D eigenvalue weighted by atomic mass is 9.83. The van der Waals surface area contributed by atoms with Crippen molar-refractivity contribution in [3.05, 3.63) is 30.0 Å². The van der Waals surface area contributed by atoms with Gasteiger partial charge in [0, 0.05) is 23.5 Å². The summed E-state index contributed by atoms with van der Waals surface area (Å²) in [7, 11) is 1.65. The van der Waals surface area contributed by atoms with Gasteiger partial charge in [-0.25, -0.2) is 0 Å². The minimum Gasteiger partial charge on any atom is -0.497 e. The zero-order valence-electron chi connectivity index (χ0n) is 14.9. The summed E-state index contributed by atoms with van der Waals surface area (Å²) < 4.78 is 5.25. The highest BCUT2D eigenvalue weighted by Gasteiger charge is 2.33. The largest absolute Gasteiger partial charge is 0.497 e. The Hall–Kier alpha value is -2.01. The van der Waals surface area contributed by atoms with Crippen LogP contribution < -0.4 is 10.1 Å². The molecule has 2 saturated heterocycles. The molecule has 0 spiro atoms. The Kier molecular flexibility index (Phi) is 4.66. The fourth-order valence-corrected chi connectivity index (χ4v) is 4.49. The van der Waals surface area contributed by atoms with E-state index in [1.807, 2.05) is 24.3 Å². The molecule has 0 bridgehead atoms. The number of H-pyrrole nitrogens is 1. The number of carbonyl (C=O) groups is 1. The Bertz CT molecular complexity index is 752. The van der Waals surface area contributed by atoms with Crippen LogP contribution in [-0.4, -0.2) is 48.6 Å². The Morgan fingerprint density at radius 1 is 1.24 bits per heavy atom. The zero-order chi connectivity index (χ0) is 17.2. The van der Waals surface area contributed by atoms with Gasteiger partial charge in [0.2, 0.25) is 0 Å². The van der Waals surface area contributed by atoms with Crippen molar-refractivity contribution in [1.29, 1.82) is 0 Å². The molecular weight excluding hydrogens is 314 g/mol. The Morgan fingerprint density at radius 3 is 3.00 bits per heavy atom. The van der Waals surface area contributed by atoms with E-state index in [4.69, 9.17) is 4.74 Å². The summed E-state index contributed by atoms with van der Waals surface area (Å²) in [6.45, 7) is 3.25. The number of aromatic nitrogens is 1. The van der Waals surface area contributed by atoms with Gasteiger partial charge in [0.05, 0.1) is 7.11 Å². The van der Waals surface area contributed by atoms with Crippen molar-refractivity contribution in [3.63, 3.8) is 0 Å². The third kappa shape index (κ3) is 3.38. The molecule has 5 heteroatoms. The second-order valence-electron chi connectivity index (χ2n) is 7.35. The molecule has 2 N–H and O–H groups in total. The SMILES string of the molecule is COc1ccc2[nH]c(C(=O)NC[C@H]3CCCN4CCCC[C@H]34)cc2c1. The molecule has 0 radical (unpaired) electrons. The molecule has 134 valence electrons. The number of hydrogen-bond donors (Lipinski definition) is 2. The molecule has 0 aliphatic carbocycles. The van der Waals surface area contributed by atoms with Gasteiger partial charge >= 0.3 is 0 Å². The van der Waals surface area contributed by atoms with Gasteiger partial charge in [-0.3, -0.25) is 4.79 Å². The van der Waals surface area contributed by atoms with Crippen LogP contribution in [0.5, 0.6) is 5.75 Å². The molecule has 2 aliphatic rings. The van der Waals surface area contributed by atoms with E-state index < -0.39 is 0 Å². The number of aromatic amines is 1. The van der Waals surface area contributed by atoms with Crippen molar-refractivity contribution in [2.45, 2.75) is 38.1 Å². The maximum atomic E-state index is 12.6. The molecule has 2 atom stereocenters. The lowest BCUT2D eigenvalue weighted by Crippen LogP contribution is -2.51. The minimum atomic E-state index is -0.0110. The third-order valence-corrected chi connectivity index (χ3v) is 5.83. The average Bonchev–Trinajstić information content (AvgIpc) is 3.09. The van der Waals surface area contributed by atoms with E-state index in [1.54, 1.807) is 7.11 Å². The predicted molar refractivity (Wildman–Crippen MR) is 99.1 cm³/mol. The van der Waals surface area contributed by atoms with Crippen LogP contribution in [0.4, 0.5) is 0 Å². The molecule has 4 rings (SSSR count). The van der Waals surface area contributed by atoms with Crippen LogP contribution in [0.15, 0.2) is 24.3 Å². The second-order valence-corrected chi connectivity index (χ2v) is 7.35. The van der Waals surface area contributed by atoms with Crippen LogP contribution >= 0.6 is 0 Å². The number of carbonyl (C=O) groups excluding carboxylic acids is 1. The van der Waals surface area contributed by atoms with E-state index in [-0.39, 0.29) is 5.91 Å². The van der Waals surface area contributed by atoms with Gasteiger partial charge in [-0.1, -0.05) is 6.42 Å². The molecule has 0 unspecified atom stereocenters. The first-order valence-electron chi connectivity index (χ1n) is 9.43. The van der Waals surface area contributed by atoms with Crippen LogP contribution in [0.25, 0.3) is 10.9 Å². The van der Waals surface area contributed by atoms with Crippen molar-refractivity contribution in [1.82, 2.24) is 15.2 Å². The standard InChI is InChI=1S/C20H27N3O2/c1-25-16-7-8-17-15(11-16)12-18(22-17)20(24)21-13-14-5-4-10-23-9-3-2-6-19(14)23/h7-8,11-12,14,19,22H,2-6,9-10,13H2,1H3,(H,21,24)/t14-,19-/m1/s1. The van der Waals surface area contributed by atoms with Crippen LogP contribution in [0.3, 0.4) is 0 Å². The molecule has 0 saturated carbocycles. The zero-order valence-corrected chi connectivity index (χ0v) is 14.9. The molecule has 25 heavy (non-hydrogen) atoms. The quantitative estimate of drug-likeness (QED) is 0.898. The number of ether oxygens (including phenoxy) is 1. The average molecular weight is 341 g/mol. The van der Waals surface area contributed by atoms with E-state index in [9.17, 15) is 4.79 Å². The van der Waals surface area contributed by atoms with E-state index >= 15 is 0 Å². The first kappa shape index (κ1) is 16.5. The first-order valence-corrected chi connectivity index (χ1v) is 9.43. The summed E-state index contributed by atoms with van der Waals surface area (Å²) in [6, 6.07) is 8.37. The smallest absolute Gasteiger partial charge is 0.267 e. The number of amides is 1. The lowest BCUT2D eigenvalue weighted by Gasteiger charge is -2.44. The van der Waals surface area contributed by atoms with Gasteiger partial charge in [-0.15, -0.1) is 0 Å². The van der Waals surface area contributed by atoms with Gasteiger partial charge in [-0.2, -0.15) is 0 Å². The van der Waals surface area contributed by atoms with E-state index in [2.05, 4.69) is 15.2 Å². The van der Waals surface area contributed by atoms with Gasteiger partial charge in [0.1, 0.15) is 11.4 Å². The van der Waals surface area contributed by atoms with Crippen molar-refractivity contribution in [2.24, 2.45) is 5.92 Å². The van der Waals surface area contributed by atoms with E-state index in [0.29, 0.717) is 17.7 Å². The Morgan fingerprint density at radius 2 is 2.12 bits per heavy atom. The number of nitrogens with zero attached hydrogens (tertiary/aromatic N) is 1. The maximum absolute atomic E-state index is 12.6. The highest BCUT2D eigenvalue weighted by atomic mass is 16.5. The van der Waals surface area contributed by atoms with Crippen molar-refractivity contribution in [3.8, 4) is 5.75 Å². The maximum Gasteiger partial charge on any atom is 0.267 e. The van der Waals surface area contributed by atoms with Crippen molar-refractivity contribution < 1.29 is 9.53 Å². The van der Waals surface area contributed by atoms with Crippen LogP contribution in [0.1, 0.15) is 42.6 Å². The number of methoxy groups -OCH3 is 1. The number of nitrogens with one attached hydrogen (secondary N) is 2. The monoisotopic (exact) mass is 341 g/mol. The Balaban J connectivity index is 1.41. The van der Waals surface area contributed by atoms with E-state index in [0.717, 1.165) is 23.2 Å². The molecule has 2 aromatic rings. The summed E-state index contributed by atoms with van der Waals surface area (Å²) in [5.41, 5.74) is 1.58. The molecule has 3 heterocycles. The highest BCUT2D eigenvalue weighted by molar-refractivity contribution is 5.98. The topological polar surface area (TPSA) is 57.4 Å². The molecule has 1 aromatic carbocycles. The van der Waals surface area contributed by atoms with Gasteiger partial charge < -0.3 is 19.9 Å². The molecule has 1 amide bonds. The first-order chi connectivity index (χ1) is 12.2. The van der Waals surface area contributed by atoms with Crippen molar-refractivity contribution in [2.75, 3.05) is 26.7 Å². The molecule has 2 fully saturated rings. The van der Waals surface area contributed by atoms with Gasteiger partial charge in [0.25, 0.3) is 5.91 Å². The summed E-state index contributed by atoms with van der Waals surface area (Å²) in [6.07, 6.45) is 6.42. The van der Waals surface area contributed by atoms with E-state index in [1.165, 1.54) is 45.2 Å². The predicted octanol–water partition coefficient (Wildman–Crippen LogP) is 3.17. The number of fused-ring (bicyclic) bond motifs is 2. The lowest BCUT2D eigenvalue weighted by molar-refractivity contribution is 0.0575. The van der Waals surface area contributed by atoms with Crippen molar-refractivity contribution >= 4 is 16.8 Å². The fourth-order valence-electron chi connectivity index (χ4n) is 4.49. The van der Waals surface area contributed by atoms with Crippen LogP contribution in [-0.2, 0) is 0 Å². The minimum absolute atomic E-state index is 0.0110. The summed E-state index contributed by atoms with van der Waals surface area (Å²) >= 11 is 0. The Labute approximate surface area is 148 Å². The molecule has 5 nitrogen and oxygen atoms in total. The number of benzene rings is 1. The summed E-state index contributed by atoms with van der Waals surface area (Å²) in [4.78, 5) is 18.4.